The number of piperidine rings is 1. The van der Waals surface area contributed by atoms with Crippen molar-refractivity contribution in [3.05, 3.63) is 57.5 Å². The van der Waals surface area contributed by atoms with E-state index < -0.39 is 0 Å². The van der Waals surface area contributed by atoms with Crippen molar-refractivity contribution in [2.24, 2.45) is 5.92 Å². The molecule has 0 N–H and O–H groups in total. The SMILES string of the molecule is Cc1cc(C)n(C[C@H](C)C(=O)N2CCC[C@@H](n3nc(-c4cccs4)ccc3=O)C2)n1. The summed E-state index contributed by atoms with van der Waals surface area (Å²) in [5.74, 6) is -0.0707. The van der Waals surface area contributed by atoms with Crippen molar-refractivity contribution in [3.8, 4) is 10.6 Å². The highest BCUT2D eigenvalue weighted by molar-refractivity contribution is 7.13. The number of likely N-dealkylation sites (tertiary alicyclic amines) is 1. The lowest BCUT2D eigenvalue weighted by molar-refractivity contribution is -0.137. The zero-order valence-electron chi connectivity index (χ0n) is 17.6. The van der Waals surface area contributed by atoms with Crippen LogP contribution in [0.5, 0.6) is 0 Å². The third kappa shape index (κ3) is 4.23. The number of aromatic nitrogens is 4. The number of hydrogen-bond donors (Lipinski definition) is 0. The third-order valence-electron chi connectivity index (χ3n) is 5.62. The van der Waals surface area contributed by atoms with Gasteiger partial charge >= 0.3 is 0 Å². The highest BCUT2D eigenvalue weighted by atomic mass is 32.1. The van der Waals surface area contributed by atoms with Crippen LogP contribution in [0.4, 0.5) is 0 Å². The summed E-state index contributed by atoms with van der Waals surface area (Å²) in [6, 6.07) is 9.24. The van der Waals surface area contributed by atoms with Gasteiger partial charge in [-0.05, 0) is 50.3 Å². The number of nitrogens with zero attached hydrogens (tertiary/aromatic N) is 5. The second kappa shape index (κ2) is 8.55. The first-order valence-electron chi connectivity index (χ1n) is 10.4. The second-order valence-electron chi connectivity index (χ2n) is 8.07. The minimum atomic E-state index is -0.177. The number of amides is 1. The molecule has 3 aromatic rings. The van der Waals surface area contributed by atoms with Crippen LogP contribution < -0.4 is 5.56 Å². The van der Waals surface area contributed by atoms with Gasteiger partial charge in [-0.1, -0.05) is 13.0 Å². The van der Waals surface area contributed by atoms with Crippen LogP contribution in [-0.2, 0) is 11.3 Å². The molecule has 0 aromatic carbocycles. The van der Waals surface area contributed by atoms with Gasteiger partial charge in [-0.25, -0.2) is 4.68 Å². The van der Waals surface area contributed by atoms with Gasteiger partial charge < -0.3 is 4.90 Å². The van der Waals surface area contributed by atoms with E-state index in [4.69, 9.17) is 0 Å². The Hall–Kier alpha value is -2.74. The molecule has 30 heavy (non-hydrogen) atoms. The molecule has 8 heteroatoms. The predicted molar refractivity (Wildman–Crippen MR) is 118 cm³/mol. The van der Waals surface area contributed by atoms with E-state index in [1.807, 2.05) is 53.9 Å². The monoisotopic (exact) mass is 425 g/mol. The minimum absolute atomic E-state index is 0.101. The van der Waals surface area contributed by atoms with Crippen molar-refractivity contribution in [2.45, 2.75) is 46.2 Å². The summed E-state index contributed by atoms with van der Waals surface area (Å²) < 4.78 is 3.47. The lowest BCUT2D eigenvalue weighted by Gasteiger charge is -2.34. The van der Waals surface area contributed by atoms with Gasteiger partial charge in [0.15, 0.2) is 0 Å². The Kier molecular flexibility index (Phi) is 5.85. The van der Waals surface area contributed by atoms with E-state index >= 15 is 0 Å². The van der Waals surface area contributed by atoms with E-state index in [2.05, 4.69) is 10.2 Å². The van der Waals surface area contributed by atoms with E-state index in [-0.39, 0.29) is 23.4 Å². The van der Waals surface area contributed by atoms with Gasteiger partial charge in [0.1, 0.15) is 5.69 Å². The average molecular weight is 426 g/mol. The van der Waals surface area contributed by atoms with E-state index in [1.165, 1.54) is 0 Å². The molecular weight excluding hydrogens is 398 g/mol. The van der Waals surface area contributed by atoms with Crippen molar-refractivity contribution in [2.75, 3.05) is 13.1 Å². The van der Waals surface area contributed by atoms with E-state index in [9.17, 15) is 9.59 Å². The molecule has 1 saturated heterocycles. The normalized spacial score (nSPS) is 17.8. The number of carbonyl (C=O) groups is 1. The van der Waals surface area contributed by atoms with Crippen LogP contribution in [0, 0.1) is 19.8 Å². The van der Waals surface area contributed by atoms with Crippen LogP contribution in [0.25, 0.3) is 10.6 Å². The molecule has 0 bridgehead atoms. The van der Waals surface area contributed by atoms with Crippen molar-refractivity contribution in [3.63, 3.8) is 0 Å². The van der Waals surface area contributed by atoms with E-state index in [1.54, 1.807) is 28.2 Å². The van der Waals surface area contributed by atoms with Crippen molar-refractivity contribution >= 4 is 17.2 Å². The van der Waals surface area contributed by atoms with Crippen LogP contribution in [-0.4, -0.2) is 43.5 Å². The molecule has 4 heterocycles. The summed E-state index contributed by atoms with van der Waals surface area (Å²) in [4.78, 5) is 28.6. The van der Waals surface area contributed by atoms with Crippen molar-refractivity contribution in [1.82, 2.24) is 24.5 Å². The smallest absolute Gasteiger partial charge is 0.267 e. The maximum atomic E-state index is 13.1. The zero-order valence-corrected chi connectivity index (χ0v) is 18.4. The summed E-state index contributed by atoms with van der Waals surface area (Å²) in [6.07, 6.45) is 1.71. The molecule has 0 unspecified atom stereocenters. The van der Waals surface area contributed by atoms with Crippen LogP contribution in [0.2, 0.25) is 0 Å². The first-order valence-corrected chi connectivity index (χ1v) is 11.2. The Morgan fingerprint density at radius 1 is 1.27 bits per heavy atom. The Balaban J connectivity index is 1.49. The molecule has 0 saturated carbocycles. The first kappa shape index (κ1) is 20.5. The average Bonchev–Trinajstić information content (AvgIpc) is 3.38. The molecule has 158 valence electrons. The predicted octanol–water partition coefficient (Wildman–Crippen LogP) is 3.28. The number of thiophene rings is 1. The van der Waals surface area contributed by atoms with Crippen LogP contribution in [0.3, 0.4) is 0 Å². The van der Waals surface area contributed by atoms with Gasteiger partial charge in [0.05, 0.1) is 29.1 Å². The van der Waals surface area contributed by atoms with Gasteiger partial charge in [0, 0.05) is 24.8 Å². The Labute approximate surface area is 180 Å². The molecule has 4 rings (SSSR count). The summed E-state index contributed by atoms with van der Waals surface area (Å²) in [7, 11) is 0. The summed E-state index contributed by atoms with van der Waals surface area (Å²) in [6.45, 7) is 7.71. The quantitative estimate of drug-likeness (QED) is 0.629. The van der Waals surface area contributed by atoms with Crippen LogP contribution in [0.1, 0.15) is 37.2 Å². The minimum Gasteiger partial charge on any atom is -0.340 e. The van der Waals surface area contributed by atoms with E-state index in [0.717, 1.165) is 41.3 Å². The highest BCUT2D eigenvalue weighted by Crippen LogP contribution is 2.25. The lowest BCUT2D eigenvalue weighted by atomic mass is 10.0. The fourth-order valence-corrected chi connectivity index (χ4v) is 4.80. The summed E-state index contributed by atoms with van der Waals surface area (Å²) in [5.41, 5.74) is 2.70. The summed E-state index contributed by atoms with van der Waals surface area (Å²) in [5, 5.41) is 11.1. The van der Waals surface area contributed by atoms with Gasteiger partial charge in [0.25, 0.3) is 5.56 Å². The molecule has 0 radical (unpaired) electrons. The molecule has 0 spiro atoms. The van der Waals surface area contributed by atoms with Gasteiger partial charge in [-0.2, -0.15) is 10.2 Å². The van der Waals surface area contributed by atoms with Gasteiger partial charge in [0.2, 0.25) is 5.91 Å². The zero-order chi connectivity index (χ0) is 21.3. The van der Waals surface area contributed by atoms with Crippen LogP contribution in [0.15, 0.2) is 40.5 Å². The molecule has 7 nitrogen and oxygen atoms in total. The first-order chi connectivity index (χ1) is 14.4. The number of carbonyl (C=O) groups excluding carboxylic acids is 1. The molecule has 1 fully saturated rings. The number of aryl methyl sites for hydroxylation is 2. The Morgan fingerprint density at radius 3 is 2.80 bits per heavy atom. The molecule has 2 atom stereocenters. The Bertz CT molecular complexity index is 1090. The fraction of sp³-hybridized carbons (Fsp3) is 0.455. The molecule has 0 aliphatic carbocycles. The standard InChI is InChI=1S/C22H27N5O2S/c1-15(13-26-17(3)12-16(2)23-26)22(29)25-10-4-6-18(14-25)27-21(28)9-8-19(24-27)20-7-5-11-30-20/h5,7-9,11-12,15,18H,4,6,10,13-14H2,1-3H3/t15-,18+/m0/s1. The van der Waals surface area contributed by atoms with Crippen molar-refractivity contribution < 1.29 is 4.79 Å². The van der Waals surface area contributed by atoms with Gasteiger partial charge in [-0.15, -0.1) is 11.3 Å². The maximum Gasteiger partial charge on any atom is 0.267 e. The van der Waals surface area contributed by atoms with E-state index in [0.29, 0.717) is 13.1 Å². The fourth-order valence-electron chi connectivity index (χ4n) is 4.11. The lowest BCUT2D eigenvalue weighted by Crippen LogP contribution is -2.45. The third-order valence-corrected chi connectivity index (χ3v) is 6.52. The summed E-state index contributed by atoms with van der Waals surface area (Å²) >= 11 is 1.60. The maximum absolute atomic E-state index is 13.1. The van der Waals surface area contributed by atoms with Gasteiger partial charge in [-0.3, -0.25) is 14.3 Å². The molecule has 1 amide bonds. The Morgan fingerprint density at radius 2 is 2.10 bits per heavy atom. The molecule has 1 aliphatic heterocycles. The van der Waals surface area contributed by atoms with Crippen LogP contribution >= 0.6 is 11.3 Å². The second-order valence-corrected chi connectivity index (χ2v) is 9.02. The molecular formula is C22H27N5O2S. The molecule has 3 aromatic heterocycles. The highest BCUT2D eigenvalue weighted by Gasteiger charge is 2.29. The molecule has 1 aliphatic rings. The topological polar surface area (TPSA) is 73.0 Å². The number of rotatable bonds is 5. The van der Waals surface area contributed by atoms with Crippen molar-refractivity contribution in [1.29, 1.82) is 0 Å². The largest absolute Gasteiger partial charge is 0.340 e. The number of hydrogen-bond acceptors (Lipinski definition) is 5.